The molecule has 0 atom stereocenters. The fraction of sp³-hybridized carbons (Fsp3) is 0.0476. The van der Waals surface area contributed by atoms with Crippen molar-refractivity contribution in [2.45, 2.75) is 11.4 Å². The minimum atomic E-state index is -3.57. The highest BCUT2D eigenvalue weighted by atomic mass is 32.2. The molecule has 5 nitrogen and oxygen atoms in total. The summed E-state index contributed by atoms with van der Waals surface area (Å²) in [6.45, 7) is 0.225. The number of nitrogens with one attached hydrogen (secondary N) is 1. The van der Waals surface area contributed by atoms with E-state index in [-0.39, 0.29) is 11.4 Å². The first-order valence-electron chi connectivity index (χ1n) is 8.46. The van der Waals surface area contributed by atoms with Crippen molar-refractivity contribution < 1.29 is 8.42 Å². The lowest BCUT2D eigenvalue weighted by Crippen LogP contribution is -2.23. The van der Waals surface area contributed by atoms with Crippen LogP contribution in [0.2, 0.25) is 0 Å². The molecule has 0 aliphatic heterocycles. The van der Waals surface area contributed by atoms with Crippen molar-refractivity contribution in [2.75, 3.05) is 0 Å². The Labute approximate surface area is 157 Å². The normalized spacial score (nSPS) is 11.6. The van der Waals surface area contributed by atoms with Crippen LogP contribution < -0.4 is 4.72 Å². The van der Waals surface area contributed by atoms with Crippen molar-refractivity contribution in [2.24, 2.45) is 0 Å². The average molecular weight is 375 g/mol. The van der Waals surface area contributed by atoms with Gasteiger partial charge in [-0.1, -0.05) is 30.3 Å². The average Bonchev–Trinajstić information content (AvgIpc) is 2.73. The van der Waals surface area contributed by atoms with E-state index in [0.29, 0.717) is 0 Å². The molecule has 0 radical (unpaired) electrons. The first-order chi connectivity index (χ1) is 13.1. The third-order valence-corrected chi connectivity index (χ3v) is 5.74. The number of aromatic nitrogens is 2. The fourth-order valence-electron chi connectivity index (χ4n) is 2.83. The molecule has 0 amide bonds. The molecule has 0 spiro atoms. The van der Waals surface area contributed by atoms with Gasteiger partial charge in [-0.05, 0) is 53.1 Å². The van der Waals surface area contributed by atoms with Crippen LogP contribution in [-0.2, 0) is 16.6 Å². The van der Waals surface area contributed by atoms with E-state index in [4.69, 9.17) is 0 Å². The predicted octanol–water partition coefficient (Wildman–Crippen LogP) is 3.78. The Balaban J connectivity index is 1.55. The van der Waals surface area contributed by atoms with Gasteiger partial charge in [-0.3, -0.25) is 9.97 Å². The lowest BCUT2D eigenvalue weighted by Gasteiger charge is -2.08. The van der Waals surface area contributed by atoms with Crippen LogP contribution in [0.4, 0.5) is 0 Å². The van der Waals surface area contributed by atoms with Gasteiger partial charge < -0.3 is 0 Å². The quantitative estimate of drug-likeness (QED) is 0.576. The highest BCUT2D eigenvalue weighted by Gasteiger charge is 2.13. The van der Waals surface area contributed by atoms with Crippen molar-refractivity contribution in [1.82, 2.24) is 14.7 Å². The largest absolute Gasteiger partial charge is 0.265 e. The van der Waals surface area contributed by atoms with Crippen LogP contribution in [-0.4, -0.2) is 18.4 Å². The number of hydrogen-bond donors (Lipinski definition) is 1. The Hall–Kier alpha value is -3.09. The van der Waals surface area contributed by atoms with Crippen molar-refractivity contribution in [3.8, 4) is 11.1 Å². The summed E-state index contributed by atoms with van der Waals surface area (Å²) >= 11 is 0. The number of nitrogens with zero attached hydrogens (tertiary/aromatic N) is 2. The summed E-state index contributed by atoms with van der Waals surface area (Å²) in [5, 5.41) is 1.07. The van der Waals surface area contributed by atoms with Crippen LogP contribution in [0.3, 0.4) is 0 Å². The first-order valence-corrected chi connectivity index (χ1v) is 9.94. The molecule has 27 heavy (non-hydrogen) atoms. The Morgan fingerprint density at radius 3 is 2.33 bits per heavy atom. The van der Waals surface area contributed by atoms with Crippen LogP contribution in [0.25, 0.3) is 22.0 Å². The fourth-order valence-corrected chi connectivity index (χ4v) is 3.85. The van der Waals surface area contributed by atoms with E-state index < -0.39 is 10.0 Å². The Morgan fingerprint density at radius 2 is 1.56 bits per heavy atom. The molecule has 4 rings (SSSR count). The maximum Gasteiger partial charge on any atom is 0.240 e. The molecule has 0 saturated heterocycles. The van der Waals surface area contributed by atoms with Crippen LogP contribution in [0, 0.1) is 0 Å². The van der Waals surface area contributed by atoms with Crippen LogP contribution in [0.1, 0.15) is 5.56 Å². The van der Waals surface area contributed by atoms with Gasteiger partial charge in [0.1, 0.15) is 0 Å². The molecule has 2 aromatic carbocycles. The van der Waals surface area contributed by atoms with Crippen LogP contribution in [0.5, 0.6) is 0 Å². The smallest absolute Gasteiger partial charge is 0.240 e. The first kappa shape index (κ1) is 17.3. The number of sulfonamides is 1. The van der Waals surface area contributed by atoms with E-state index in [0.717, 1.165) is 27.6 Å². The molecule has 2 heterocycles. The molecule has 4 aromatic rings. The summed E-state index contributed by atoms with van der Waals surface area (Å²) in [6, 6.07) is 20.3. The summed E-state index contributed by atoms with van der Waals surface area (Å²) in [4.78, 5) is 8.53. The highest BCUT2D eigenvalue weighted by Crippen LogP contribution is 2.24. The number of hydrogen-bond acceptors (Lipinski definition) is 4. The van der Waals surface area contributed by atoms with Gasteiger partial charge in [0.25, 0.3) is 0 Å². The van der Waals surface area contributed by atoms with Gasteiger partial charge in [-0.15, -0.1) is 0 Å². The van der Waals surface area contributed by atoms with E-state index in [1.54, 1.807) is 42.9 Å². The Kier molecular flexibility index (Phi) is 4.66. The number of benzene rings is 2. The molecule has 134 valence electrons. The zero-order valence-corrected chi connectivity index (χ0v) is 15.2. The molecule has 0 aliphatic rings. The van der Waals surface area contributed by atoms with E-state index in [1.165, 1.54) is 0 Å². The van der Waals surface area contributed by atoms with Gasteiger partial charge in [-0.25, -0.2) is 13.1 Å². The molecule has 0 aliphatic carbocycles. The molecule has 0 unspecified atom stereocenters. The standard InChI is InChI=1S/C21H17N3O2S/c25-27(26,24-15-16-9-12-22-13-10-16)20-7-5-17(6-8-20)19-4-3-18-2-1-11-23-21(18)14-19/h1-14,24H,15H2. The molecule has 0 bridgehead atoms. The van der Waals surface area contributed by atoms with Gasteiger partial charge in [-0.2, -0.15) is 0 Å². The molecule has 0 fully saturated rings. The van der Waals surface area contributed by atoms with Crippen molar-refractivity contribution in [1.29, 1.82) is 0 Å². The molecule has 1 N–H and O–H groups in total. The van der Waals surface area contributed by atoms with Crippen LogP contribution in [0.15, 0.2) is 90.2 Å². The van der Waals surface area contributed by atoms with Crippen molar-refractivity contribution in [3.63, 3.8) is 0 Å². The minimum Gasteiger partial charge on any atom is -0.265 e. The Bertz CT molecular complexity index is 1170. The summed E-state index contributed by atoms with van der Waals surface area (Å²) in [5.41, 5.74) is 3.70. The summed E-state index contributed by atoms with van der Waals surface area (Å²) < 4.78 is 27.6. The molecule has 0 saturated carbocycles. The highest BCUT2D eigenvalue weighted by molar-refractivity contribution is 7.89. The van der Waals surface area contributed by atoms with E-state index >= 15 is 0 Å². The van der Waals surface area contributed by atoms with E-state index in [9.17, 15) is 8.42 Å². The predicted molar refractivity (Wildman–Crippen MR) is 105 cm³/mol. The maximum absolute atomic E-state index is 12.5. The van der Waals surface area contributed by atoms with Crippen molar-refractivity contribution >= 4 is 20.9 Å². The second kappa shape index (κ2) is 7.26. The summed E-state index contributed by atoms with van der Waals surface area (Å²) in [6.07, 6.45) is 5.03. The summed E-state index contributed by atoms with van der Waals surface area (Å²) in [7, 11) is -3.57. The SMILES string of the molecule is O=S(=O)(NCc1ccncc1)c1ccc(-c2ccc3cccnc3c2)cc1. The van der Waals surface area contributed by atoms with Gasteiger partial charge in [0, 0.05) is 30.5 Å². The zero-order chi connectivity index (χ0) is 18.7. The van der Waals surface area contributed by atoms with Gasteiger partial charge in [0.2, 0.25) is 10.0 Å². The van der Waals surface area contributed by atoms with Gasteiger partial charge in [0.05, 0.1) is 10.4 Å². The van der Waals surface area contributed by atoms with Crippen LogP contribution >= 0.6 is 0 Å². The second-order valence-electron chi connectivity index (χ2n) is 6.12. The Morgan fingerprint density at radius 1 is 0.815 bits per heavy atom. The summed E-state index contributed by atoms with van der Waals surface area (Å²) in [5.74, 6) is 0. The molecule has 6 heteroatoms. The third-order valence-electron chi connectivity index (χ3n) is 4.32. The molecular weight excluding hydrogens is 358 g/mol. The lowest BCUT2D eigenvalue weighted by atomic mass is 10.0. The van der Waals surface area contributed by atoms with Gasteiger partial charge >= 0.3 is 0 Å². The van der Waals surface area contributed by atoms with Gasteiger partial charge in [0.15, 0.2) is 0 Å². The van der Waals surface area contributed by atoms with Crippen molar-refractivity contribution in [3.05, 3.63) is 90.9 Å². The zero-order valence-electron chi connectivity index (χ0n) is 14.4. The maximum atomic E-state index is 12.5. The lowest BCUT2D eigenvalue weighted by molar-refractivity contribution is 0.581. The number of rotatable bonds is 5. The monoisotopic (exact) mass is 375 g/mol. The third kappa shape index (κ3) is 3.86. The number of pyridine rings is 2. The second-order valence-corrected chi connectivity index (χ2v) is 7.88. The topological polar surface area (TPSA) is 72.0 Å². The van der Waals surface area contributed by atoms with E-state index in [2.05, 4.69) is 14.7 Å². The molecular formula is C21H17N3O2S. The molecule has 2 aromatic heterocycles. The number of fused-ring (bicyclic) bond motifs is 1. The van der Waals surface area contributed by atoms with E-state index in [1.807, 2.05) is 42.5 Å². The minimum absolute atomic E-state index is 0.225.